The molecule has 1 aliphatic rings. The first-order valence-electron chi connectivity index (χ1n) is 10.4. The van der Waals surface area contributed by atoms with Gasteiger partial charge < -0.3 is 22.1 Å². The van der Waals surface area contributed by atoms with Crippen LogP contribution in [0.4, 0.5) is 26.1 Å². The number of nitrogens with one attached hydrogen (secondary N) is 2. The third-order valence-corrected chi connectivity index (χ3v) is 5.56. The number of benzene rings is 1. The van der Waals surface area contributed by atoms with Crippen LogP contribution in [0, 0.1) is 11.6 Å². The summed E-state index contributed by atoms with van der Waals surface area (Å²) in [6.45, 7) is 0. The quantitative estimate of drug-likeness (QED) is 0.463. The van der Waals surface area contributed by atoms with E-state index < -0.39 is 17.5 Å². The molecule has 0 saturated heterocycles. The molecule has 1 saturated carbocycles. The van der Waals surface area contributed by atoms with E-state index in [-0.39, 0.29) is 29.3 Å². The molecule has 0 aliphatic heterocycles. The van der Waals surface area contributed by atoms with Gasteiger partial charge >= 0.3 is 0 Å². The molecule has 2 atom stereocenters. The Morgan fingerprint density at radius 3 is 2.56 bits per heavy atom. The van der Waals surface area contributed by atoms with E-state index in [4.69, 9.17) is 11.5 Å². The maximum absolute atomic E-state index is 14.7. The monoisotopic (exact) mass is 438 g/mol. The van der Waals surface area contributed by atoms with Crippen LogP contribution in [0.1, 0.15) is 36.0 Å². The van der Waals surface area contributed by atoms with E-state index in [0.29, 0.717) is 16.9 Å². The van der Waals surface area contributed by atoms with Crippen molar-refractivity contribution in [1.29, 1.82) is 0 Å². The van der Waals surface area contributed by atoms with Crippen LogP contribution in [-0.4, -0.2) is 28.0 Å². The summed E-state index contributed by atoms with van der Waals surface area (Å²) in [7, 11) is 0. The lowest BCUT2D eigenvalue weighted by atomic mass is 9.91. The second-order valence-corrected chi connectivity index (χ2v) is 7.81. The van der Waals surface area contributed by atoms with Crippen LogP contribution in [0.5, 0.6) is 0 Å². The highest BCUT2D eigenvalue weighted by Crippen LogP contribution is 2.28. The summed E-state index contributed by atoms with van der Waals surface area (Å²) < 4.78 is 28.8. The summed E-state index contributed by atoms with van der Waals surface area (Å²) in [4.78, 5) is 20.4. The van der Waals surface area contributed by atoms with Gasteiger partial charge in [0.25, 0.3) is 5.91 Å². The number of halogens is 2. The Hall–Kier alpha value is -3.59. The van der Waals surface area contributed by atoms with Crippen LogP contribution < -0.4 is 22.1 Å². The van der Waals surface area contributed by atoms with Crippen molar-refractivity contribution in [3.8, 4) is 11.3 Å². The number of nitrogens with two attached hydrogens (primary N) is 2. The topological polar surface area (TPSA) is 119 Å². The molecule has 6 N–H and O–H groups in total. The Balaban J connectivity index is 1.66. The van der Waals surface area contributed by atoms with Crippen LogP contribution >= 0.6 is 0 Å². The minimum atomic E-state index is -0.830. The van der Waals surface area contributed by atoms with Gasteiger partial charge in [0.1, 0.15) is 11.6 Å². The van der Waals surface area contributed by atoms with Gasteiger partial charge in [-0.25, -0.2) is 13.8 Å². The van der Waals surface area contributed by atoms with Crippen LogP contribution in [0.3, 0.4) is 0 Å². The van der Waals surface area contributed by atoms with Crippen molar-refractivity contribution in [2.24, 2.45) is 11.5 Å². The Morgan fingerprint density at radius 2 is 1.81 bits per heavy atom. The predicted octanol–water partition coefficient (Wildman–Crippen LogP) is 3.95. The molecular formula is C23H24F2N6O. The molecule has 1 fully saturated rings. The molecule has 2 aromatic heterocycles. The average Bonchev–Trinajstić information content (AvgIpc) is 2.77. The number of amides is 1. The second-order valence-electron chi connectivity index (χ2n) is 7.81. The molecule has 1 aliphatic carbocycles. The molecule has 0 unspecified atom stereocenters. The van der Waals surface area contributed by atoms with Crippen LogP contribution in [0.25, 0.3) is 11.3 Å². The lowest BCUT2D eigenvalue weighted by Crippen LogP contribution is -2.43. The fourth-order valence-corrected chi connectivity index (χ4v) is 3.85. The molecule has 1 aromatic carbocycles. The van der Waals surface area contributed by atoms with Gasteiger partial charge in [-0.1, -0.05) is 25.0 Å². The highest BCUT2D eigenvalue weighted by molar-refractivity contribution is 5.98. The largest absolute Gasteiger partial charge is 0.365 e. The molecule has 7 nitrogen and oxygen atoms in total. The number of rotatable bonds is 6. The Kier molecular flexibility index (Phi) is 6.27. The minimum absolute atomic E-state index is 0.0109. The van der Waals surface area contributed by atoms with E-state index in [1.165, 1.54) is 12.3 Å². The van der Waals surface area contributed by atoms with Gasteiger partial charge in [0.15, 0.2) is 11.6 Å². The van der Waals surface area contributed by atoms with Crippen molar-refractivity contribution in [1.82, 2.24) is 9.97 Å². The van der Waals surface area contributed by atoms with Gasteiger partial charge in [0.2, 0.25) is 0 Å². The van der Waals surface area contributed by atoms with Crippen LogP contribution in [-0.2, 0) is 0 Å². The number of anilines is 3. The predicted molar refractivity (Wildman–Crippen MR) is 119 cm³/mol. The zero-order chi connectivity index (χ0) is 22.7. The van der Waals surface area contributed by atoms with E-state index in [1.54, 1.807) is 30.3 Å². The lowest BCUT2D eigenvalue weighted by Gasteiger charge is -2.30. The van der Waals surface area contributed by atoms with Crippen LogP contribution in [0.2, 0.25) is 0 Å². The fraction of sp³-hybridized carbons (Fsp3) is 0.261. The third-order valence-electron chi connectivity index (χ3n) is 5.56. The molecule has 2 heterocycles. The van der Waals surface area contributed by atoms with Gasteiger partial charge in [-0.2, -0.15) is 0 Å². The smallest absolute Gasteiger partial charge is 0.252 e. The molecule has 1 amide bonds. The Bertz CT molecular complexity index is 1140. The number of hydrogen-bond donors (Lipinski definition) is 4. The van der Waals surface area contributed by atoms with E-state index in [2.05, 4.69) is 20.6 Å². The van der Waals surface area contributed by atoms with Crippen molar-refractivity contribution in [2.45, 2.75) is 37.8 Å². The molecule has 3 aromatic rings. The van der Waals surface area contributed by atoms with Gasteiger partial charge in [-0.05, 0) is 43.2 Å². The van der Waals surface area contributed by atoms with Gasteiger partial charge in [0, 0.05) is 29.5 Å². The molecule has 4 rings (SSSR count). The molecule has 9 heteroatoms. The van der Waals surface area contributed by atoms with Crippen molar-refractivity contribution in [3.05, 3.63) is 65.9 Å². The van der Waals surface area contributed by atoms with E-state index in [9.17, 15) is 13.6 Å². The minimum Gasteiger partial charge on any atom is -0.365 e. The first kappa shape index (κ1) is 21.6. The lowest BCUT2D eigenvalue weighted by molar-refractivity contribution is 0.100. The maximum atomic E-state index is 14.7. The number of nitrogens with zero attached hydrogens (tertiary/aromatic N) is 2. The van der Waals surface area contributed by atoms with E-state index in [1.807, 2.05) is 0 Å². The molecule has 0 spiro atoms. The maximum Gasteiger partial charge on any atom is 0.252 e. The Morgan fingerprint density at radius 1 is 1.03 bits per heavy atom. The number of aromatic nitrogens is 2. The summed E-state index contributed by atoms with van der Waals surface area (Å²) >= 11 is 0. The normalized spacial score (nSPS) is 18.2. The second kappa shape index (κ2) is 9.27. The van der Waals surface area contributed by atoms with E-state index >= 15 is 0 Å². The molecule has 166 valence electrons. The van der Waals surface area contributed by atoms with Gasteiger partial charge in [-0.3, -0.25) is 9.78 Å². The number of hydrogen-bond acceptors (Lipinski definition) is 6. The fourth-order valence-electron chi connectivity index (χ4n) is 3.85. The number of carbonyl (C=O) groups is 1. The van der Waals surface area contributed by atoms with E-state index in [0.717, 1.165) is 31.7 Å². The zero-order valence-corrected chi connectivity index (χ0v) is 17.3. The summed E-state index contributed by atoms with van der Waals surface area (Å²) in [6, 6.07) is 10.3. The first-order valence-corrected chi connectivity index (χ1v) is 10.4. The summed E-state index contributed by atoms with van der Waals surface area (Å²) in [5.41, 5.74) is 12.7. The molecule has 0 radical (unpaired) electrons. The van der Waals surface area contributed by atoms with Gasteiger partial charge in [0.05, 0.1) is 11.3 Å². The van der Waals surface area contributed by atoms with Crippen molar-refractivity contribution >= 4 is 23.2 Å². The summed E-state index contributed by atoms with van der Waals surface area (Å²) in [5.74, 6) is -1.86. The highest BCUT2D eigenvalue weighted by atomic mass is 19.1. The highest BCUT2D eigenvalue weighted by Gasteiger charge is 2.24. The third kappa shape index (κ3) is 4.67. The Labute approximate surface area is 184 Å². The van der Waals surface area contributed by atoms with Crippen molar-refractivity contribution < 1.29 is 13.6 Å². The molecule has 0 bridgehead atoms. The number of pyridine rings is 2. The SMILES string of the molecule is NC(=O)c1cc(F)c(N[C@@H]2CCCC[C@@H]2N)nc1Nc1ccnc(-c2ccccc2F)c1. The van der Waals surface area contributed by atoms with Crippen molar-refractivity contribution in [2.75, 3.05) is 10.6 Å². The zero-order valence-electron chi connectivity index (χ0n) is 17.3. The van der Waals surface area contributed by atoms with Crippen LogP contribution in [0.15, 0.2) is 48.7 Å². The summed E-state index contributed by atoms with van der Waals surface area (Å²) in [6.07, 6.45) is 5.18. The first-order chi connectivity index (χ1) is 15.4. The molecular weight excluding hydrogens is 414 g/mol. The summed E-state index contributed by atoms with van der Waals surface area (Å²) in [5, 5.41) is 6.06. The number of primary amides is 1. The standard InChI is InChI=1S/C23H24F2N6O/c24-16-6-2-1-5-14(16)20-11-13(9-10-28-20)29-22-15(21(27)32)12-17(25)23(31-22)30-19-8-4-3-7-18(19)26/h1-2,5-6,9-12,18-19H,3-4,7-8,26H2,(H2,27,32)(H2,28,29,30,31)/t18-,19+/m0/s1. The molecule has 32 heavy (non-hydrogen) atoms. The van der Waals surface area contributed by atoms with Crippen molar-refractivity contribution in [3.63, 3.8) is 0 Å². The van der Waals surface area contributed by atoms with Gasteiger partial charge in [-0.15, -0.1) is 0 Å². The number of carbonyl (C=O) groups excluding carboxylic acids is 1. The average molecular weight is 438 g/mol.